The van der Waals surface area contributed by atoms with Crippen LogP contribution in [-0.4, -0.2) is 66.9 Å². The second kappa shape index (κ2) is 9.53. The lowest BCUT2D eigenvalue weighted by Crippen LogP contribution is -2.56. The lowest BCUT2D eigenvalue weighted by molar-refractivity contribution is -0.137. The Morgan fingerprint density at radius 1 is 0.903 bits per heavy atom. The minimum atomic E-state index is -0.481. The molecule has 0 saturated carbocycles. The van der Waals surface area contributed by atoms with E-state index in [1.54, 1.807) is 29.2 Å². The molecule has 2 aromatic carbocycles. The van der Waals surface area contributed by atoms with E-state index in [0.29, 0.717) is 39.3 Å². The van der Waals surface area contributed by atoms with Crippen LogP contribution in [0.2, 0.25) is 0 Å². The van der Waals surface area contributed by atoms with Gasteiger partial charge in [0, 0.05) is 39.3 Å². The number of nitrogens with one attached hydrogen (secondary N) is 2. The lowest BCUT2D eigenvalue weighted by Gasteiger charge is -2.40. The van der Waals surface area contributed by atoms with Gasteiger partial charge in [-0.05, 0) is 35.4 Å². The van der Waals surface area contributed by atoms with Crippen molar-refractivity contribution in [3.05, 3.63) is 71.3 Å². The molecule has 2 aromatic rings. The van der Waals surface area contributed by atoms with Crippen molar-refractivity contribution in [3.63, 3.8) is 0 Å². The molecule has 4 rings (SSSR count). The predicted molar refractivity (Wildman–Crippen MR) is 112 cm³/mol. The first-order valence-electron chi connectivity index (χ1n) is 10.5. The van der Waals surface area contributed by atoms with E-state index >= 15 is 0 Å². The van der Waals surface area contributed by atoms with E-state index in [-0.39, 0.29) is 35.9 Å². The van der Waals surface area contributed by atoms with Gasteiger partial charge in [0.15, 0.2) is 0 Å². The van der Waals surface area contributed by atoms with Crippen LogP contribution in [0.5, 0.6) is 0 Å². The Kier molecular flexibility index (Phi) is 6.58. The number of hydrogen-bond acceptors (Lipinski definition) is 4. The third-order valence-electron chi connectivity index (χ3n) is 5.91. The number of amides is 2. The molecule has 6 nitrogen and oxygen atoms in total. The summed E-state index contributed by atoms with van der Waals surface area (Å²) in [7, 11) is 0. The molecule has 2 N–H and O–H groups in total. The van der Waals surface area contributed by atoms with Crippen LogP contribution in [-0.2, 0) is 9.59 Å². The summed E-state index contributed by atoms with van der Waals surface area (Å²) in [6.07, 6.45) is 0.144. The molecule has 0 bridgehead atoms. The van der Waals surface area contributed by atoms with Crippen LogP contribution in [0.4, 0.5) is 8.78 Å². The average molecular weight is 428 g/mol. The largest absolute Gasteiger partial charge is 0.353 e. The van der Waals surface area contributed by atoms with Gasteiger partial charge in [-0.1, -0.05) is 24.3 Å². The Bertz CT molecular complexity index is 867. The van der Waals surface area contributed by atoms with E-state index in [2.05, 4.69) is 15.5 Å². The molecule has 2 amide bonds. The highest BCUT2D eigenvalue weighted by Gasteiger charge is 2.31. The first-order valence-corrected chi connectivity index (χ1v) is 10.5. The highest BCUT2D eigenvalue weighted by Crippen LogP contribution is 2.30. The van der Waals surface area contributed by atoms with Crippen molar-refractivity contribution >= 4 is 11.8 Å². The summed E-state index contributed by atoms with van der Waals surface area (Å²) in [6.45, 7) is 3.55. The quantitative estimate of drug-likeness (QED) is 0.761. The van der Waals surface area contributed by atoms with Gasteiger partial charge in [-0.25, -0.2) is 8.78 Å². The Morgan fingerprint density at radius 2 is 1.45 bits per heavy atom. The van der Waals surface area contributed by atoms with Crippen molar-refractivity contribution in [3.8, 4) is 0 Å². The standard InChI is InChI=1S/C23H26F2N4O2/c24-18-5-1-16(2-6-18)22(17-3-7-19(25)8-4-17)29-13-11-28(12-14-29)21(30)15-20-23(31)27-10-9-26-20/h1-8,20,22,26H,9-15H2,(H,27,31)/t20-/m0/s1. The fourth-order valence-corrected chi connectivity index (χ4v) is 4.25. The fraction of sp³-hybridized carbons (Fsp3) is 0.391. The zero-order chi connectivity index (χ0) is 21.8. The van der Waals surface area contributed by atoms with Crippen LogP contribution >= 0.6 is 0 Å². The van der Waals surface area contributed by atoms with E-state index in [4.69, 9.17) is 0 Å². The van der Waals surface area contributed by atoms with Crippen molar-refractivity contribution in [2.75, 3.05) is 39.3 Å². The molecular weight excluding hydrogens is 402 g/mol. The van der Waals surface area contributed by atoms with Gasteiger partial charge in [-0.15, -0.1) is 0 Å². The molecule has 2 fully saturated rings. The van der Waals surface area contributed by atoms with Crippen LogP contribution < -0.4 is 10.6 Å². The van der Waals surface area contributed by atoms with Gasteiger partial charge in [-0.3, -0.25) is 14.5 Å². The zero-order valence-corrected chi connectivity index (χ0v) is 17.2. The number of carbonyl (C=O) groups excluding carboxylic acids is 2. The van der Waals surface area contributed by atoms with Crippen LogP contribution in [0, 0.1) is 11.6 Å². The number of rotatable bonds is 5. The third kappa shape index (κ3) is 5.08. The number of piperazine rings is 2. The molecule has 0 aromatic heterocycles. The fourth-order valence-electron chi connectivity index (χ4n) is 4.25. The highest BCUT2D eigenvalue weighted by atomic mass is 19.1. The number of carbonyl (C=O) groups is 2. The summed E-state index contributed by atoms with van der Waals surface area (Å²) in [5.41, 5.74) is 1.83. The minimum absolute atomic E-state index is 0.0469. The number of halogens is 2. The first-order chi connectivity index (χ1) is 15.0. The number of nitrogens with zero attached hydrogens (tertiary/aromatic N) is 2. The Labute approximate surface area is 180 Å². The molecule has 0 radical (unpaired) electrons. The molecule has 31 heavy (non-hydrogen) atoms. The van der Waals surface area contributed by atoms with Gasteiger partial charge >= 0.3 is 0 Å². The molecule has 0 unspecified atom stereocenters. The summed E-state index contributed by atoms with van der Waals surface area (Å²) in [4.78, 5) is 28.6. The van der Waals surface area contributed by atoms with E-state index in [1.807, 2.05) is 0 Å². The normalized spacial score (nSPS) is 20.0. The van der Waals surface area contributed by atoms with E-state index in [1.165, 1.54) is 24.3 Å². The molecule has 0 aliphatic carbocycles. The Hall–Kier alpha value is -2.84. The van der Waals surface area contributed by atoms with Crippen LogP contribution in [0.15, 0.2) is 48.5 Å². The molecule has 8 heteroatoms. The molecule has 2 aliphatic heterocycles. The molecular formula is C23H26F2N4O2. The predicted octanol–water partition coefficient (Wildman–Crippen LogP) is 1.68. The Balaban J connectivity index is 1.44. The minimum Gasteiger partial charge on any atom is -0.353 e. The van der Waals surface area contributed by atoms with Crippen molar-refractivity contribution < 1.29 is 18.4 Å². The molecule has 2 heterocycles. The lowest BCUT2D eigenvalue weighted by atomic mass is 9.96. The van der Waals surface area contributed by atoms with Crippen molar-refractivity contribution in [1.29, 1.82) is 0 Å². The van der Waals surface area contributed by atoms with Crippen molar-refractivity contribution in [1.82, 2.24) is 20.4 Å². The maximum absolute atomic E-state index is 13.5. The van der Waals surface area contributed by atoms with E-state index in [9.17, 15) is 18.4 Å². The van der Waals surface area contributed by atoms with Crippen LogP contribution in [0.25, 0.3) is 0 Å². The highest BCUT2D eigenvalue weighted by molar-refractivity contribution is 5.88. The monoisotopic (exact) mass is 428 g/mol. The summed E-state index contributed by atoms with van der Waals surface area (Å²) in [5.74, 6) is -0.796. The number of hydrogen-bond donors (Lipinski definition) is 2. The molecule has 164 valence electrons. The Morgan fingerprint density at radius 3 is 1.97 bits per heavy atom. The average Bonchev–Trinajstić information content (AvgIpc) is 2.78. The topological polar surface area (TPSA) is 64.7 Å². The van der Waals surface area contributed by atoms with Gasteiger partial charge in [0.2, 0.25) is 11.8 Å². The smallest absolute Gasteiger partial charge is 0.237 e. The molecule has 0 spiro atoms. The van der Waals surface area contributed by atoms with Crippen LogP contribution in [0.1, 0.15) is 23.6 Å². The van der Waals surface area contributed by atoms with Gasteiger partial charge in [0.25, 0.3) is 0 Å². The summed E-state index contributed by atoms with van der Waals surface area (Å²) in [5, 5.41) is 5.86. The SMILES string of the molecule is O=C1NCCN[C@H]1CC(=O)N1CCN(C(c2ccc(F)cc2)c2ccc(F)cc2)CC1. The zero-order valence-electron chi connectivity index (χ0n) is 17.2. The van der Waals surface area contributed by atoms with Crippen molar-refractivity contribution in [2.24, 2.45) is 0 Å². The maximum Gasteiger partial charge on any atom is 0.237 e. The van der Waals surface area contributed by atoms with Gasteiger partial charge in [0.05, 0.1) is 18.5 Å². The van der Waals surface area contributed by atoms with E-state index in [0.717, 1.165) is 11.1 Å². The summed E-state index contributed by atoms with van der Waals surface area (Å²) < 4.78 is 26.9. The first kappa shape index (κ1) is 21.4. The van der Waals surface area contributed by atoms with E-state index < -0.39 is 6.04 Å². The molecule has 2 saturated heterocycles. The second-order valence-electron chi connectivity index (χ2n) is 7.92. The van der Waals surface area contributed by atoms with Gasteiger partial charge < -0.3 is 15.5 Å². The third-order valence-corrected chi connectivity index (χ3v) is 5.91. The van der Waals surface area contributed by atoms with Gasteiger partial charge in [-0.2, -0.15) is 0 Å². The summed E-state index contributed by atoms with van der Waals surface area (Å²) in [6, 6.07) is 12.0. The molecule has 2 aliphatic rings. The van der Waals surface area contributed by atoms with Crippen LogP contribution in [0.3, 0.4) is 0 Å². The van der Waals surface area contributed by atoms with Gasteiger partial charge in [0.1, 0.15) is 11.6 Å². The number of benzene rings is 2. The second-order valence-corrected chi connectivity index (χ2v) is 7.92. The van der Waals surface area contributed by atoms with Crippen molar-refractivity contribution in [2.45, 2.75) is 18.5 Å². The molecule has 1 atom stereocenters. The maximum atomic E-state index is 13.5. The summed E-state index contributed by atoms with van der Waals surface area (Å²) >= 11 is 0.